The molecule has 0 amide bonds. The Morgan fingerprint density at radius 1 is 1.07 bits per heavy atom. The Hall–Kier alpha value is -3.16. The van der Waals surface area contributed by atoms with Gasteiger partial charge in [0, 0.05) is 12.0 Å². The van der Waals surface area contributed by atoms with Gasteiger partial charge in [0.2, 0.25) is 0 Å². The van der Waals surface area contributed by atoms with Gasteiger partial charge in [0.05, 0.1) is 23.7 Å². The summed E-state index contributed by atoms with van der Waals surface area (Å²) >= 11 is 0. The Labute approximate surface area is 152 Å². The van der Waals surface area contributed by atoms with E-state index in [2.05, 4.69) is 4.74 Å². The first-order valence-electron chi connectivity index (χ1n) is 7.96. The second-order valence-corrected chi connectivity index (χ2v) is 5.96. The van der Waals surface area contributed by atoms with Crippen molar-refractivity contribution < 1.29 is 27.9 Å². The van der Waals surface area contributed by atoms with Gasteiger partial charge in [-0.3, -0.25) is 4.79 Å². The molecule has 27 heavy (non-hydrogen) atoms. The number of halogens is 3. The van der Waals surface area contributed by atoms with Gasteiger partial charge in [-0.1, -0.05) is 12.1 Å². The molecule has 8 heteroatoms. The standard InChI is InChI=1S/C19H16F3NO4/c1-11-15(9-12-3-5-13(6-4-12)27-19(20,21)22)18(24)16-10-14(26-2)7-8-17(16)23(11)25/h3-8,10,25H,9H2,1-2H3. The summed E-state index contributed by atoms with van der Waals surface area (Å²) in [4.78, 5) is 12.9. The highest BCUT2D eigenvalue weighted by molar-refractivity contribution is 5.81. The van der Waals surface area contributed by atoms with Crippen LogP contribution in [0.4, 0.5) is 13.2 Å². The highest BCUT2D eigenvalue weighted by Gasteiger charge is 2.31. The number of ether oxygens (including phenoxy) is 2. The minimum atomic E-state index is -4.76. The molecular formula is C19H16F3NO4. The molecule has 1 N–H and O–H groups in total. The van der Waals surface area contributed by atoms with Crippen LogP contribution in [0.5, 0.6) is 11.5 Å². The lowest BCUT2D eigenvalue weighted by Gasteiger charge is -2.14. The summed E-state index contributed by atoms with van der Waals surface area (Å²) in [5.41, 5.74) is 1.36. The first-order chi connectivity index (χ1) is 12.7. The van der Waals surface area contributed by atoms with Crippen LogP contribution in [0.1, 0.15) is 16.8 Å². The Bertz CT molecular complexity index is 1040. The zero-order valence-electron chi connectivity index (χ0n) is 14.5. The van der Waals surface area contributed by atoms with E-state index in [4.69, 9.17) is 4.74 Å². The van der Waals surface area contributed by atoms with Crippen molar-refractivity contribution in [2.75, 3.05) is 7.11 Å². The third-order valence-electron chi connectivity index (χ3n) is 4.24. The van der Waals surface area contributed by atoms with Crippen LogP contribution in [0.3, 0.4) is 0 Å². The predicted octanol–water partition coefficient (Wildman–Crippen LogP) is 4.05. The molecule has 3 rings (SSSR count). The van der Waals surface area contributed by atoms with Gasteiger partial charge in [-0.05, 0) is 42.8 Å². The Balaban J connectivity index is 2.00. The van der Waals surface area contributed by atoms with Crippen molar-refractivity contribution in [1.82, 2.24) is 4.73 Å². The Morgan fingerprint density at radius 3 is 2.30 bits per heavy atom. The SMILES string of the molecule is COc1ccc2c(c1)c(=O)c(Cc1ccc(OC(F)(F)F)cc1)c(C)n2O. The molecule has 1 aromatic heterocycles. The molecule has 3 aromatic rings. The van der Waals surface area contributed by atoms with Gasteiger partial charge in [0.15, 0.2) is 5.43 Å². The molecule has 0 aliphatic carbocycles. The summed E-state index contributed by atoms with van der Waals surface area (Å²) < 4.78 is 46.6. The van der Waals surface area contributed by atoms with Crippen molar-refractivity contribution in [2.45, 2.75) is 19.7 Å². The monoisotopic (exact) mass is 379 g/mol. The summed E-state index contributed by atoms with van der Waals surface area (Å²) in [5, 5.41) is 10.7. The fourth-order valence-electron chi connectivity index (χ4n) is 2.87. The van der Waals surface area contributed by atoms with Crippen LogP contribution in [-0.4, -0.2) is 23.4 Å². The number of alkyl halides is 3. The van der Waals surface area contributed by atoms with Gasteiger partial charge >= 0.3 is 6.36 Å². The molecule has 0 saturated heterocycles. The minimum Gasteiger partial charge on any atom is -0.497 e. The van der Waals surface area contributed by atoms with E-state index in [1.807, 2.05) is 0 Å². The zero-order valence-corrected chi connectivity index (χ0v) is 14.5. The third kappa shape index (κ3) is 3.84. The van der Waals surface area contributed by atoms with E-state index in [-0.39, 0.29) is 23.0 Å². The number of nitrogens with zero attached hydrogens (tertiary/aromatic N) is 1. The first-order valence-corrected chi connectivity index (χ1v) is 7.96. The van der Waals surface area contributed by atoms with E-state index in [9.17, 15) is 23.2 Å². The van der Waals surface area contributed by atoms with Crippen LogP contribution in [0.2, 0.25) is 0 Å². The number of benzene rings is 2. The van der Waals surface area contributed by atoms with Crippen LogP contribution >= 0.6 is 0 Å². The average Bonchev–Trinajstić information content (AvgIpc) is 2.63. The van der Waals surface area contributed by atoms with Crippen molar-refractivity contribution >= 4 is 10.9 Å². The van der Waals surface area contributed by atoms with E-state index in [0.29, 0.717) is 28.1 Å². The molecular weight excluding hydrogens is 363 g/mol. The lowest BCUT2D eigenvalue weighted by atomic mass is 10.0. The maximum atomic E-state index is 12.9. The molecule has 1 heterocycles. The quantitative estimate of drug-likeness (QED) is 0.695. The summed E-state index contributed by atoms with van der Waals surface area (Å²) in [6, 6.07) is 9.99. The number of methoxy groups -OCH3 is 1. The number of hydrogen-bond donors (Lipinski definition) is 1. The van der Waals surface area contributed by atoms with Crippen LogP contribution in [0, 0.1) is 6.92 Å². The Morgan fingerprint density at radius 2 is 1.70 bits per heavy atom. The number of rotatable bonds is 4. The van der Waals surface area contributed by atoms with Crippen molar-refractivity contribution in [1.29, 1.82) is 0 Å². The molecule has 0 unspecified atom stereocenters. The van der Waals surface area contributed by atoms with Crippen LogP contribution in [0.15, 0.2) is 47.3 Å². The topological polar surface area (TPSA) is 60.7 Å². The molecule has 142 valence electrons. The van der Waals surface area contributed by atoms with E-state index in [1.54, 1.807) is 19.1 Å². The summed E-state index contributed by atoms with van der Waals surface area (Å²) in [6.45, 7) is 1.60. The highest BCUT2D eigenvalue weighted by Crippen LogP contribution is 2.24. The number of fused-ring (bicyclic) bond motifs is 1. The van der Waals surface area contributed by atoms with E-state index in [1.165, 1.54) is 37.4 Å². The lowest BCUT2D eigenvalue weighted by Crippen LogP contribution is -2.18. The van der Waals surface area contributed by atoms with Gasteiger partial charge < -0.3 is 14.7 Å². The van der Waals surface area contributed by atoms with Crippen molar-refractivity contribution in [3.05, 3.63) is 69.5 Å². The fraction of sp³-hybridized carbons (Fsp3) is 0.211. The zero-order chi connectivity index (χ0) is 19.8. The van der Waals surface area contributed by atoms with Crippen LogP contribution < -0.4 is 14.9 Å². The predicted molar refractivity (Wildman–Crippen MR) is 92.6 cm³/mol. The molecule has 0 bridgehead atoms. The number of hydrogen-bond acceptors (Lipinski definition) is 4. The smallest absolute Gasteiger partial charge is 0.497 e. The van der Waals surface area contributed by atoms with Crippen molar-refractivity contribution in [3.63, 3.8) is 0 Å². The van der Waals surface area contributed by atoms with Gasteiger partial charge in [-0.2, -0.15) is 4.73 Å². The first kappa shape index (κ1) is 18.6. The van der Waals surface area contributed by atoms with Crippen LogP contribution in [-0.2, 0) is 6.42 Å². The normalized spacial score (nSPS) is 11.6. The molecule has 0 spiro atoms. The van der Waals surface area contributed by atoms with Gasteiger partial charge in [0.1, 0.15) is 11.5 Å². The summed E-state index contributed by atoms with van der Waals surface area (Å²) in [7, 11) is 1.47. The molecule has 0 fully saturated rings. The van der Waals surface area contributed by atoms with Gasteiger partial charge in [0.25, 0.3) is 0 Å². The molecule has 0 aliphatic heterocycles. The largest absolute Gasteiger partial charge is 0.573 e. The van der Waals surface area contributed by atoms with Crippen molar-refractivity contribution in [2.24, 2.45) is 0 Å². The Kier molecular flexibility index (Phi) is 4.73. The maximum Gasteiger partial charge on any atom is 0.573 e. The van der Waals surface area contributed by atoms with Gasteiger partial charge in [-0.15, -0.1) is 13.2 Å². The molecule has 0 aliphatic rings. The number of pyridine rings is 1. The molecule has 0 atom stereocenters. The lowest BCUT2D eigenvalue weighted by molar-refractivity contribution is -0.274. The second-order valence-electron chi connectivity index (χ2n) is 5.96. The van der Waals surface area contributed by atoms with E-state index < -0.39 is 6.36 Å². The summed E-state index contributed by atoms with van der Waals surface area (Å²) in [6.07, 6.45) is -4.62. The second kappa shape index (κ2) is 6.86. The van der Waals surface area contributed by atoms with Crippen molar-refractivity contribution in [3.8, 4) is 11.5 Å². The number of aromatic nitrogens is 1. The maximum absolute atomic E-state index is 12.9. The van der Waals surface area contributed by atoms with E-state index in [0.717, 1.165) is 4.73 Å². The average molecular weight is 379 g/mol. The van der Waals surface area contributed by atoms with Crippen LogP contribution in [0.25, 0.3) is 10.9 Å². The fourth-order valence-corrected chi connectivity index (χ4v) is 2.87. The molecule has 5 nitrogen and oxygen atoms in total. The minimum absolute atomic E-state index is 0.144. The highest BCUT2D eigenvalue weighted by atomic mass is 19.4. The summed E-state index contributed by atoms with van der Waals surface area (Å²) in [5.74, 6) is 0.133. The molecule has 0 saturated carbocycles. The van der Waals surface area contributed by atoms with E-state index >= 15 is 0 Å². The molecule has 2 aromatic carbocycles. The third-order valence-corrected chi connectivity index (χ3v) is 4.24. The molecule has 0 radical (unpaired) electrons. The van der Waals surface area contributed by atoms with Gasteiger partial charge in [-0.25, -0.2) is 0 Å².